The highest BCUT2D eigenvalue weighted by Gasteiger charge is 2.15. The lowest BCUT2D eigenvalue weighted by Gasteiger charge is -2.11. The first-order chi connectivity index (χ1) is 7.54. The summed E-state index contributed by atoms with van der Waals surface area (Å²) in [7, 11) is 1.57. The van der Waals surface area contributed by atoms with E-state index in [2.05, 4.69) is 5.32 Å². The summed E-state index contributed by atoms with van der Waals surface area (Å²) in [5.74, 6) is -0.0252. The van der Waals surface area contributed by atoms with Crippen molar-refractivity contribution in [1.29, 1.82) is 0 Å². The van der Waals surface area contributed by atoms with Crippen LogP contribution in [0.25, 0.3) is 0 Å². The molecule has 0 radical (unpaired) electrons. The molecule has 1 atom stereocenters. The van der Waals surface area contributed by atoms with Crippen LogP contribution < -0.4 is 15.8 Å². The summed E-state index contributed by atoms with van der Waals surface area (Å²) in [6, 6.07) is 7.09. The molecular formula is C11H14N2O2S. The molecule has 0 fully saturated rings. The SMILES string of the molecule is COc1cccc(NC(=O)C(C)C(N)=S)c1. The average molecular weight is 238 g/mol. The zero-order valence-corrected chi connectivity index (χ0v) is 10.0. The number of methoxy groups -OCH3 is 1. The van der Waals surface area contributed by atoms with E-state index in [1.165, 1.54) is 0 Å². The van der Waals surface area contributed by atoms with Crippen LogP contribution >= 0.6 is 12.2 Å². The highest BCUT2D eigenvalue weighted by atomic mass is 32.1. The topological polar surface area (TPSA) is 64.3 Å². The number of anilines is 1. The van der Waals surface area contributed by atoms with Crippen molar-refractivity contribution in [2.75, 3.05) is 12.4 Å². The summed E-state index contributed by atoms with van der Waals surface area (Å²) >= 11 is 4.75. The standard InChI is InChI=1S/C11H14N2O2S/c1-7(10(12)16)11(14)13-8-4-3-5-9(6-8)15-2/h3-7H,1-2H3,(H2,12,16)(H,13,14). The van der Waals surface area contributed by atoms with Crippen molar-refractivity contribution >= 4 is 28.8 Å². The molecule has 0 heterocycles. The van der Waals surface area contributed by atoms with Crippen LogP contribution in [0.3, 0.4) is 0 Å². The molecule has 0 saturated heterocycles. The molecule has 1 amide bonds. The lowest BCUT2D eigenvalue weighted by Crippen LogP contribution is -2.30. The molecule has 16 heavy (non-hydrogen) atoms. The minimum absolute atomic E-state index is 0.181. The Balaban J connectivity index is 2.73. The monoisotopic (exact) mass is 238 g/mol. The molecule has 0 spiro atoms. The second-order valence-electron chi connectivity index (χ2n) is 3.35. The third-order valence-electron chi connectivity index (χ3n) is 2.16. The van der Waals surface area contributed by atoms with E-state index in [1.54, 1.807) is 38.3 Å². The zero-order valence-electron chi connectivity index (χ0n) is 9.19. The number of thiocarbonyl (C=S) groups is 1. The number of ether oxygens (including phenoxy) is 1. The third-order valence-corrected chi connectivity index (χ3v) is 2.51. The molecule has 0 aliphatic heterocycles. The van der Waals surface area contributed by atoms with Crippen molar-refractivity contribution in [1.82, 2.24) is 0 Å². The van der Waals surface area contributed by atoms with E-state index in [1.807, 2.05) is 0 Å². The van der Waals surface area contributed by atoms with Gasteiger partial charge in [-0.25, -0.2) is 0 Å². The van der Waals surface area contributed by atoms with E-state index in [0.717, 1.165) is 0 Å². The Kier molecular flexibility index (Phi) is 4.25. The molecule has 1 aromatic rings. The summed E-state index contributed by atoms with van der Waals surface area (Å²) in [5, 5.41) is 2.71. The number of carbonyl (C=O) groups is 1. The van der Waals surface area contributed by atoms with Crippen LogP contribution in [0.2, 0.25) is 0 Å². The Morgan fingerprint density at radius 1 is 1.56 bits per heavy atom. The average Bonchev–Trinajstić information content (AvgIpc) is 2.28. The largest absolute Gasteiger partial charge is 0.497 e. The predicted molar refractivity (Wildman–Crippen MR) is 67.6 cm³/mol. The molecule has 0 saturated carbocycles. The second-order valence-corrected chi connectivity index (χ2v) is 3.82. The Morgan fingerprint density at radius 3 is 2.81 bits per heavy atom. The van der Waals surface area contributed by atoms with E-state index in [9.17, 15) is 4.79 Å². The fourth-order valence-electron chi connectivity index (χ4n) is 1.08. The number of hydrogen-bond donors (Lipinski definition) is 2. The smallest absolute Gasteiger partial charge is 0.234 e. The molecule has 0 bridgehead atoms. The number of carbonyl (C=O) groups excluding carboxylic acids is 1. The minimum atomic E-state index is -0.485. The molecule has 5 heteroatoms. The second kappa shape index (κ2) is 5.46. The molecule has 1 unspecified atom stereocenters. The Hall–Kier alpha value is -1.62. The molecule has 0 aliphatic carbocycles. The number of hydrogen-bond acceptors (Lipinski definition) is 3. The van der Waals surface area contributed by atoms with Gasteiger partial charge in [0.05, 0.1) is 18.0 Å². The molecular weight excluding hydrogens is 224 g/mol. The van der Waals surface area contributed by atoms with Crippen LogP contribution in [0.4, 0.5) is 5.69 Å². The van der Waals surface area contributed by atoms with Crippen LogP contribution in [0, 0.1) is 5.92 Å². The summed E-state index contributed by atoms with van der Waals surface area (Å²) in [6.45, 7) is 1.66. The van der Waals surface area contributed by atoms with Gasteiger partial charge in [0.2, 0.25) is 5.91 Å². The van der Waals surface area contributed by atoms with E-state index >= 15 is 0 Å². The molecule has 1 aromatic carbocycles. The summed E-state index contributed by atoms with van der Waals surface area (Å²) in [5.41, 5.74) is 6.05. The fourth-order valence-corrected chi connectivity index (χ4v) is 1.19. The third kappa shape index (κ3) is 3.20. The summed E-state index contributed by atoms with van der Waals surface area (Å²) in [6.07, 6.45) is 0. The molecule has 1 rings (SSSR count). The van der Waals surface area contributed by atoms with Gasteiger partial charge in [-0.2, -0.15) is 0 Å². The number of amides is 1. The number of nitrogens with two attached hydrogens (primary N) is 1. The summed E-state index contributed by atoms with van der Waals surface area (Å²) < 4.78 is 5.04. The number of rotatable bonds is 4. The van der Waals surface area contributed by atoms with E-state index in [0.29, 0.717) is 11.4 Å². The Labute approximate surface area is 99.8 Å². The van der Waals surface area contributed by atoms with Crippen LogP contribution in [0.5, 0.6) is 5.75 Å². The molecule has 86 valence electrons. The zero-order chi connectivity index (χ0) is 12.1. The van der Waals surface area contributed by atoms with Gasteiger partial charge in [-0.1, -0.05) is 18.3 Å². The first-order valence-electron chi connectivity index (χ1n) is 4.79. The molecule has 0 aromatic heterocycles. The van der Waals surface area contributed by atoms with Crippen molar-refractivity contribution in [2.45, 2.75) is 6.92 Å². The number of benzene rings is 1. The highest BCUT2D eigenvalue weighted by Crippen LogP contribution is 2.17. The number of nitrogens with one attached hydrogen (secondary N) is 1. The van der Waals surface area contributed by atoms with Gasteiger partial charge in [0.25, 0.3) is 0 Å². The predicted octanol–water partition coefficient (Wildman–Crippen LogP) is 1.56. The van der Waals surface area contributed by atoms with Crippen molar-refractivity contribution in [3.05, 3.63) is 24.3 Å². The van der Waals surface area contributed by atoms with Gasteiger partial charge in [-0.15, -0.1) is 0 Å². The lowest BCUT2D eigenvalue weighted by molar-refractivity contribution is -0.117. The van der Waals surface area contributed by atoms with Gasteiger partial charge in [0, 0.05) is 11.8 Å². The first-order valence-corrected chi connectivity index (χ1v) is 5.19. The fraction of sp³-hybridized carbons (Fsp3) is 0.273. The minimum Gasteiger partial charge on any atom is -0.497 e. The van der Waals surface area contributed by atoms with E-state index in [4.69, 9.17) is 22.7 Å². The van der Waals surface area contributed by atoms with Crippen molar-refractivity contribution < 1.29 is 9.53 Å². The maximum absolute atomic E-state index is 11.6. The molecule has 4 nitrogen and oxygen atoms in total. The quantitative estimate of drug-likeness (QED) is 0.781. The van der Waals surface area contributed by atoms with Crippen LogP contribution in [-0.4, -0.2) is 18.0 Å². The summed E-state index contributed by atoms with van der Waals surface area (Å²) in [4.78, 5) is 11.8. The first kappa shape index (κ1) is 12.4. The highest BCUT2D eigenvalue weighted by molar-refractivity contribution is 7.80. The Bertz CT molecular complexity index is 407. The van der Waals surface area contributed by atoms with Gasteiger partial charge in [-0.05, 0) is 19.1 Å². The van der Waals surface area contributed by atoms with Crippen molar-refractivity contribution in [3.8, 4) is 5.75 Å². The lowest BCUT2D eigenvalue weighted by atomic mass is 10.1. The van der Waals surface area contributed by atoms with E-state index < -0.39 is 5.92 Å². The van der Waals surface area contributed by atoms with Gasteiger partial charge >= 0.3 is 0 Å². The van der Waals surface area contributed by atoms with Crippen molar-refractivity contribution in [3.63, 3.8) is 0 Å². The van der Waals surface area contributed by atoms with Gasteiger partial charge in [0.1, 0.15) is 5.75 Å². The van der Waals surface area contributed by atoms with Crippen LogP contribution in [0.15, 0.2) is 24.3 Å². The van der Waals surface area contributed by atoms with Crippen LogP contribution in [-0.2, 0) is 4.79 Å². The van der Waals surface area contributed by atoms with Gasteiger partial charge in [-0.3, -0.25) is 4.79 Å². The Morgan fingerprint density at radius 2 is 2.25 bits per heavy atom. The normalized spacial score (nSPS) is 11.6. The molecule has 3 N–H and O–H groups in total. The van der Waals surface area contributed by atoms with E-state index in [-0.39, 0.29) is 10.9 Å². The maximum atomic E-state index is 11.6. The molecule has 0 aliphatic rings. The van der Waals surface area contributed by atoms with Gasteiger partial charge < -0.3 is 15.8 Å². The van der Waals surface area contributed by atoms with Crippen molar-refractivity contribution in [2.24, 2.45) is 11.7 Å². The van der Waals surface area contributed by atoms with Gasteiger partial charge in [0.15, 0.2) is 0 Å². The maximum Gasteiger partial charge on any atom is 0.234 e. The van der Waals surface area contributed by atoms with Crippen LogP contribution in [0.1, 0.15) is 6.92 Å².